The van der Waals surface area contributed by atoms with Crippen molar-refractivity contribution in [1.29, 1.82) is 0 Å². The molecule has 0 heterocycles. The van der Waals surface area contributed by atoms with Gasteiger partial charge in [-0.05, 0) is 43.4 Å². The van der Waals surface area contributed by atoms with Gasteiger partial charge in [-0.25, -0.2) is 0 Å². The molecule has 0 saturated heterocycles. The van der Waals surface area contributed by atoms with Crippen LogP contribution < -0.4 is 5.32 Å². The van der Waals surface area contributed by atoms with Crippen molar-refractivity contribution in [2.75, 3.05) is 6.54 Å². The van der Waals surface area contributed by atoms with Gasteiger partial charge < -0.3 is 10.4 Å². The second-order valence-corrected chi connectivity index (χ2v) is 5.73. The van der Waals surface area contributed by atoms with Crippen LogP contribution in [0.5, 0.6) is 0 Å². The lowest BCUT2D eigenvalue weighted by Crippen LogP contribution is -2.34. The summed E-state index contributed by atoms with van der Waals surface area (Å²) in [5, 5.41) is 14.2. The SMILES string of the molecule is CC(NCC1CCCCC1O)c1cccc(Cl)c1. The average Bonchev–Trinajstić information content (AvgIpc) is 2.37. The van der Waals surface area contributed by atoms with Crippen molar-refractivity contribution in [1.82, 2.24) is 5.32 Å². The fourth-order valence-corrected chi connectivity index (χ4v) is 2.85. The molecule has 1 aliphatic carbocycles. The Morgan fingerprint density at radius 1 is 1.39 bits per heavy atom. The molecule has 0 aromatic heterocycles. The maximum atomic E-state index is 9.94. The Hall–Kier alpha value is -0.570. The van der Waals surface area contributed by atoms with Crippen LogP contribution in [0.15, 0.2) is 24.3 Å². The molecular weight excluding hydrogens is 246 g/mol. The van der Waals surface area contributed by atoms with Crippen molar-refractivity contribution in [3.05, 3.63) is 34.9 Å². The zero-order valence-electron chi connectivity index (χ0n) is 10.9. The van der Waals surface area contributed by atoms with Crippen LogP contribution in [0.3, 0.4) is 0 Å². The molecule has 1 fully saturated rings. The monoisotopic (exact) mass is 267 g/mol. The summed E-state index contributed by atoms with van der Waals surface area (Å²) in [7, 11) is 0. The highest BCUT2D eigenvalue weighted by Crippen LogP contribution is 2.25. The summed E-state index contributed by atoms with van der Waals surface area (Å²) in [5.74, 6) is 0.403. The first kappa shape index (κ1) is 13.9. The number of nitrogens with one attached hydrogen (secondary N) is 1. The van der Waals surface area contributed by atoms with Gasteiger partial charge in [0.1, 0.15) is 0 Å². The van der Waals surface area contributed by atoms with Crippen LogP contribution in [0.1, 0.15) is 44.2 Å². The number of hydrogen-bond donors (Lipinski definition) is 2. The van der Waals surface area contributed by atoms with Crippen LogP contribution >= 0.6 is 11.6 Å². The largest absolute Gasteiger partial charge is 0.393 e. The molecule has 2 N–H and O–H groups in total. The molecule has 3 heteroatoms. The third-order valence-corrected chi connectivity index (χ3v) is 4.14. The number of rotatable bonds is 4. The topological polar surface area (TPSA) is 32.3 Å². The molecule has 3 unspecified atom stereocenters. The predicted octanol–water partition coefficient (Wildman–Crippen LogP) is 3.54. The zero-order chi connectivity index (χ0) is 13.0. The lowest BCUT2D eigenvalue weighted by atomic mass is 9.86. The minimum absolute atomic E-state index is 0.127. The van der Waals surface area contributed by atoms with E-state index in [1.54, 1.807) is 0 Å². The molecule has 2 nitrogen and oxygen atoms in total. The highest BCUT2D eigenvalue weighted by Gasteiger charge is 2.23. The molecule has 0 aliphatic heterocycles. The molecule has 0 radical (unpaired) electrons. The van der Waals surface area contributed by atoms with E-state index in [0.717, 1.165) is 24.4 Å². The average molecular weight is 268 g/mol. The first-order chi connectivity index (χ1) is 8.66. The van der Waals surface area contributed by atoms with E-state index in [1.165, 1.54) is 18.4 Å². The molecule has 1 aliphatic rings. The Bertz CT molecular complexity index is 383. The number of hydrogen-bond acceptors (Lipinski definition) is 2. The lowest BCUT2D eigenvalue weighted by Gasteiger charge is -2.29. The van der Waals surface area contributed by atoms with Gasteiger partial charge in [0.2, 0.25) is 0 Å². The van der Waals surface area contributed by atoms with Crippen LogP contribution in [0, 0.1) is 5.92 Å². The van der Waals surface area contributed by atoms with Crippen LogP contribution in [0.4, 0.5) is 0 Å². The van der Waals surface area contributed by atoms with Gasteiger partial charge in [0, 0.05) is 17.6 Å². The minimum Gasteiger partial charge on any atom is -0.393 e. The maximum absolute atomic E-state index is 9.94. The first-order valence-corrected chi connectivity index (χ1v) is 7.21. The van der Waals surface area contributed by atoms with Crippen molar-refractivity contribution in [2.45, 2.75) is 44.8 Å². The van der Waals surface area contributed by atoms with Crippen LogP contribution in [-0.4, -0.2) is 17.8 Å². The molecule has 2 rings (SSSR count). The summed E-state index contributed by atoms with van der Waals surface area (Å²) in [6.45, 7) is 3.02. The van der Waals surface area contributed by atoms with Crippen molar-refractivity contribution < 1.29 is 5.11 Å². The Morgan fingerprint density at radius 2 is 2.17 bits per heavy atom. The van der Waals surface area contributed by atoms with Crippen LogP contribution in [0.2, 0.25) is 5.02 Å². The normalized spacial score (nSPS) is 25.9. The van der Waals surface area contributed by atoms with Gasteiger partial charge in [0.15, 0.2) is 0 Å². The summed E-state index contributed by atoms with van der Waals surface area (Å²) in [6.07, 6.45) is 4.38. The highest BCUT2D eigenvalue weighted by molar-refractivity contribution is 6.30. The van der Waals surface area contributed by atoms with E-state index >= 15 is 0 Å². The van der Waals surface area contributed by atoms with E-state index < -0.39 is 0 Å². The third kappa shape index (κ3) is 3.71. The van der Waals surface area contributed by atoms with Crippen molar-refractivity contribution in [3.8, 4) is 0 Å². The second kappa shape index (κ2) is 6.55. The molecule has 3 atom stereocenters. The molecule has 1 aromatic rings. The summed E-state index contributed by atoms with van der Waals surface area (Å²) >= 11 is 5.99. The zero-order valence-corrected chi connectivity index (χ0v) is 11.7. The summed E-state index contributed by atoms with van der Waals surface area (Å²) < 4.78 is 0. The Labute approximate surface area is 114 Å². The van der Waals surface area contributed by atoms with E-state index in [2.05, 4.69) is 18.3 Å². The van der Waals surface area contributed by atoms with Crippen molar-refractivity contribution in [3.63, 3.8) is 0 Å². The standard InChI is InChI=1S/C15H22ClNO/c1-11(12-6-4-7-14(16)9-12)17-10-13-5-2-3-8-15(13)18/h4,6-7,9,11,13,15,17-18H,2-3,5,8,10H2,1H3. The van der Waals surface area contributed by atoms with Crippen molar-refractivity contribution in [2.24, 2.45) is 5.92 Å². The summed E-state index contributed by atoms with van der Waals surface area (Å²) in [4.78, 5) is 0. The molecule has 0 spiro atoms. The Kier molecular flexibility index (Phi) is 5.04. The molecule has 100 valence electrons. The predicted molar refractivity (Wildman–Crippen MR) is 75.8 cm³/mol. The molecule has 0 bridgehead atoms. The minimum atomic E-state index is -0.127. The fraction of sp³-hybridized carbons (Fsp3) is 0.600. The number of halogens is 1. The second-order valence-electron chi connectivity index (χ2n) is 5.30. The fourth-order valence-electron chi connectivity index (χ4n) is 2.65. The Morgan fingerprint density at radius 3 is 2.89 bits per heavy atom. The highest BCUT2D eigenvalue weighted by atomic mass is 35.5. The van der Waals surface area contributed by atoms with E-state index in [-0.39, 0.29) is 12.1 Å². The van der Waals surface area contributed by atoms with E-state index in [1.807, 2.05) is 18.2 Å². The van der Waals surface area contributed by atoms with Crippen LogP contribution in [-0.2, 0) is 0 Å². The van der Waals surface area contributed by atoms with Gasteiger partial charge in [0.05, 0.1) is 6.10 Å². The van der Waals surface area contributed by atoms with Crippen molar-refractivity contribution >= 4 is 11.6 Å². The smallest absolute Gasteiger partial charge is 0.0580 e. The first-order valence-electron chi connectivity index (χ1n) is 6.83. The molecule has 18 heavy (non-hydrogen) atoms. The van der Waals surface area contributed by atoms with Gasteiger partial charge in [-0.2, -0.15) is 0 Å². The van der Waals surface area contributed by atoms with E-state index in [4.69, 9.17) is 11.6 Å². The Balaban J connectivity index is 1.86. The summed E-state index contributed by atoms with van der Waals surface area (Å²) in [5.41, 5.74) is 1.20. The molecule has 0 amide bonds. The van der Waals surface area contributed by atoms with Crippen LogP contribution in [0.25, 0.3) is 0 Å². The quantitative estimate of drug-likeness (QED) is 0.875. The number of benzene rings is 1. The molecule has 1 saturated carbocycles. The van der Waals surface area contributed by atoms with Gasteiger partial charge >= 0.3 is 0 Å². The third-order valence-electron chi connectivity index (χ3n) is 3.90. The molecular formula is C15H22ClNO. The number of aliphatic hydroxyl groups is 1. The van der Waals surface area contributed by atoms with E-state index in [0.29, 0.717) is 5.92 Å². The molecule has 1 aromatic carbocycles. The van der Waals surface area contributed by atoms with E-state index in [9.17, 15) is 5.11 Å². The summed E-state index contributed by atoms with van der Waals surface area (Å²) in [6, 6.07) is 8.23. The van der Waals surface area contributed by atoms with Gasteiger partial charge in [-0.1, -0.05) is 36.6 Å². The van der Waals surface area contributed by atoms with Gasteiger partial charge in [0.25, 0.3) is 0 Å². The van der Waals surface area contributed by atoms with Gasteiger partial charge in [-0.15, -0.1) is 0 Å². The maximum Gasteiger partial charge on any atom is 0.0580 e. The van der Waals surface area contributed by atoms with Gasteiger partial charge in [-0.3, -0.25) is 0 Å². The lowest BCUT2D eigenvalue weighted by molar-refractivity contribution is 0.0684. The number of aliphatic hydroxyl groups excluding tert-OH is 1.